The van der Waals surface area contributed by atoms with Crippen LogP contribution in [0.1, 0.15) is 23.5 Å². The van der Waals surface area contributed by atoms with Crippen LogP contribution in [0.25, 0.3) is 11.0 Å². The van der Waals surface area contributed by atoms with E-state index in [0.29, 0.717) is 28.7 Å². The van der Waals surface area contributed by atoms with Crippen molar-refractivity contribution in [1.82, 2.24) is 0 Å². The summed E-state index contributed by atoms with van der Waals surface area (Å²) in [7, 11) is 3.22. The van der Waals surface area contributed by atoms with Crippen LogP contribution < -0.4 is 5.63 Å². The quantitative estimate of drug-likeness (QED) is 0.591. The Bertz CT molecular complexity index is 848. The summed E-state index contributed by atoms with van der Waals surface area (Å²) in [5, 5.41) is 1.51. The van der Waals surface area contributed by atoms with Crippen LogP contribution in [0.4, 0.5) is 0 Å². The average Bonchev–Trinajstić information content (AvgIpc) is 2.60. The number of hydrogen-bond donors (Lipinski definition) is 0. The molecular formula is C18H17BrO4. The Morgan fingerprint density at radius 2 is 2.04 bits per heavy atom. The fraction of sp³-hybridized carbons (Fsp3) is 0.278. The van der Waals surface area contributed by atoms with Gasteiger partial charge < -0.3 is 13.9 Å². The van der Waals surface area contributed by atoms with Gasteiger partial charge in [-0.05, 0) is 24.1 Å². The number of methoxy groups -OCH3 is 2. The summed E-state index contributed by atoms with van der Waals surface area (Å²) in [6.45, 7) is 0. The number of alkyl halides is 1. The number of halogens is 1. The molecule has 23 heavy (non-hydrogen) atoms. The Hall–Kier alpha value is -2.01. The smallest absolute Gasteiger partial charge is 0.340 e. The molecule has 2 aromatic rings. The van der Waals surface area contributed by atoms with Gasteiger partial charge in [0.15, 0.2) is 0 Å². The van der Waals surface area contributed by atoms with Gasteiger partial charge in [0, 0.05) is 16.8 Å². The zero-order chi connectivity index (χ0) is 16.4. The molecule has 3 rings (SSSR count). The zero-order valence-corrected chi connectivity index (χ0v) is 14.6. The Labute approximate surface area is 142 Å². The molecule has 0 fully saturated rings. The molecule has 0 bridgehead atoms. The Morgan fingerprint density at radius 3 is 2.74 bits per heavy atom. The van der Waals surface area contributed by atoms with Crippen molar-refractivity contribution in [2.75, 3.05) is 14.2 Å². The first-order valence-corrected chi connectivity index (χ1v) is 8.42. The SMILES string of the molecule is COC1=CCC(c2c(CBr)c3ccccc3oc2=O)C(OC)=C1. The number of para-hydroxylation sites is 1. The lowest BCUT2D eigenvalue weighted by Crippen LogP contribution is -2.19. The summed E-state index contributed by atoms with van der Waals surface area (Å²) in [5.74, 6) is 1.27. The predicted octanol–water partition coefficient (Wildman–Crippen LogP) is 4.24. The lowest BCUT2D eigenvalue weighted by atomic mass is 9.87. The van der Waals surface area contributed by atoms with Crippen LogP contribution in [-0.4, -0.2) is 14.2 Å². The summed E-state index contributed by atoms with van der Waals surface area (Å²) < 4.78 is 16.3. The first kappa shape index (κ1) is 15.9. The van der Waals surface area contributed by atoms with Gasteiger partial charge in [-0.3, -0.25) is 0 Å². The number of ether oxygens (including phenoxy) is 2. The molecule has 5 heteroatoms. The lowest BCUT2D eigenvalue weighted by molar-refractivity contribution is 0.244. The van der Waals surface area contributed by atoms with E-state index in [1.807, 2.05) is 36.4 Å². The van der Waals surface area contributed by atoms with E-state index in [-0.39, 0.29) is 11.5 Å². The monoisotopic (exact) mass is 376 g/mol. The summed E-state index contributed by atoms with van der Waals surface area (Å²) in [6, 6.07) is 7.57. The maximum Gasteiger partial charge on any atom is 0.340 e. The van der Waals surface area contributed by atoms with Crippen molar-refractivity contribution >= 4 is 26.9 Å². The standard InChI is InChI=1S/C18H17BrO4/c1-21-11-7-8-13(16(9-11)22-2)17-14(10-19)12-5-3-4-6-15(12)23-18(17)20/h3-7,9,13H,8,10H2,1-2H3. The highest BCUT2D eigenvalue weighted by Crippen LogP contribution is 2.36. The fourth-order valence-corrected chi connectivity index (χ4v) is 3.58. The molecule has 1 unspecified atom stereocenters. The highest BCUT2D eigenvalue weighted by Gasteiger charge is 2.28. The van der Waals surface area contributed by atoms with Crippen molar-refractivity contribution < 1.29 is 13.9 Å². The average molecular weight is 377 g/mol. The Morgan fingerprint density at radius 1 is 1.26 bits per heavy atom. The third-order valence-corrected chi connectivity index (χ3v) is 4.66. The number of benzene rings is 1. The second-order valence-corrected chi connectivity index (χ2v) is 5.82. The molecule has 1 aliphatic carbocycles. The van der Waals surface area contributed by atoms with Crippen molar-refractivity contribution in [2.45, 2.75) is 17.7 Å². The maximum absolute atomic E-state index is 12.6. The number of allylic oxidation sites excluding steroid dienone is 3. The molecule has 0 saturated heterocycles. The molecule has 0 radical (unpaired) electrons. The van der Waals surface area contributed by atoms with Gasteiger partial charge in [0.25, 0.3) is 0 Å². The Balaban J connectivity index is 2.20. The molecule has 1 heterocycles. The molecule has 120 valence electrons. The minimum Gasteiger partial charge on any atom is -0.500 e. The van der Waals surface area contributed by atoms with Crippen molar-refractivity contribution in [3.8, 4) is 0 Å². The second-order valence-electron chi connectivity index (χ2n) is 5.26. The highest BCUT2D eigenvalue weighted by atomic mass is 79.9. The molecule has 0 N–H and O–H groups in total. The third-order valence-electron chi connectivity index (χ3n) is 4.10. The molecule has 1 atom stereocenters. The Kier molecular flexibility index (Phi) is 4.57. The minimum absolute atomic E-state index is 0.174. The van der Waals surface area contributed by atoms with Gasteiger partial charge in [-0.2, -0.15) is 0 Å². The first-order valence-electron chi connectivity index (χ1n) is 7.30. The predicted molar refractivity (Wildman–Crippen MR) is 92.7 cm³/mol. The van der Waals surface area contributed by atoms with Gasteiger partial charge in [0.05, 0.1) is 25.7 Å². The van der Waals surface area contributed by atoms with E-state index >= 15 is 0 Å². The van der Waals surface area contributed by atoms with Crippen molar-refractivity contribution in [3.63, 3.8) is 0 Å². The highest BCUT2D eigenvalue weighted by molar-refractivity contribution is 9.08. The largest absolute Gasteiger partial charge is 0.500 e. The first-order chi connectivity index (χ1) is 11.2. The molecule has 1 aromatic heterocycles. The van der Waals surface area contributed by atoms with Crippen LogP contribution in [-0.2, 0) is 14.8 Å². The van der Waals surface area contributed by atoms with Gasteiger partial charge in [-0.15, -0.1) is 0 Å². The summed E-state index contributed by atoms with van der Waals surface area (Å²) >= 11 is 3.52. The molecule has 0 saturated carbocycles. The minimum atomic E-state index is -0.319. The van der Waals surface area contributed by atoms with Gasteiger partial charge in [-0.1, -0.05) is 34.1 Å². The summed E-state index contributed by atoms with van der Waals surface area (Å²) in [4.78, 5) is 12.6. The van der Waals surface area contributed by atoms with E-state index in [2.05, 4.69) is 15.9 Å². The van der Waals surface area contributed by atoms with E-state index in [1.165, 1.54) is 0 Å². The van der Waals surface area contributed by atoms with E-state index < -0.39 is 0 Å². The normalized spacial score (nSPS) is 17.6. The van der Waals surface area contributed by atoms with Crippen molar-refractivity contribution in [3.05, 3.63) is 69.5 Å². The van der Waals surface area contributed by atoms with E-state index in [1.54, 1.807) is 14.2 Å². The lowest BCUT2D eigenvalue weighted by Gasteiger charge is -2.23. The fourth-order valence-electron chi connectivity index (χ4n) is 2.98. The summed E-state index contributed by atoms with van der Waals surface area (Å²) in [6.07, 6.45) is 4.41. The van der Waals surface area contributed by atoms with Crippen LogP contribution >= 0.6 is 15.9 Å². The molecule has 1 aromatic carbocycles. The zero-order valence-electron chi connectivity index (χ0n) is 13.0. The molecule has 0 spiro atoms. The topological polar surface area (TPSA) is 48.7 Å². The van der Waals surface area contributed by atoms with Gasteiger partial charge in [0.2, 0.25) is 0 Å². The van der Waals surface area contributed by atoms with Crippen molar-refractivity contribution in [1.29, 1.82) is 0 Å². The maximum atomic E-state index is 12.6. The van der Waals surface area contributed by atoms with Gasteiger partial charge in [-0.25, -0.2) is 4.79 Å². The van der Waals surface area contributed by atoms with Crippen molar-refractivity contribution in [2.24, 2.45) is 0 Å². The third kappa shape index (κ3) is 2.81. The second kappa shape index (κ2) is 6.62. The number of fused-ring (bicyclic) bond motifs is 1. The van der Waals surface area contributed by atoms with E-state index in [0.717, 1.165) is 16.7 Å². The van der Waals surface area contributed by atoms with Crippen LogP contribution in [0.2, 0.25) is 0 Å². The van der Waals surface area contributed by atoms with Crippen LogP contribution in [0.15, 0.2) is 57.1 Å². The molecule has 4 nitrogen and oxygen atoms in total. The van der Waals surface area contributed by atoms with Crippen LogP contribution in [0.5, 0.6) is 0 Å². The van der Waals surface area contributed by atoms with E-state index in [9.17, 15) is 4.79 Å². The molecule has 1 aliphatic rings. The molecule has 0 amide bonds. The molecule has 0 aliphatic heterocycles. The van der Waals surface area contributed by atoms with E-state index in [4.69, 9.17) is 13.9 Å². The summed E-state index contributed by atoms with van der Waals surface area (Å²) in [5.41, 5.74) is 1.86. The number of rotatable bonds is 4. The van der Waals surface area contributed by atoms with Gasteiger partial charge in [0.1, 0.15) is 17.1 Å². The van der Waals surface area contributed by atoms with Gasteiger partial charge >= 0.3 is 5.63 Å². The van der Waals surface area contributed by atoms with Crippen LogP contribution in [0, 0.1) is 0 Å². The molecular weight excluding hydrogens is 360 g/mol. The number of hydrogen-bond acceptors (Lipinski definition) is 4. The van der Waals surface area contributed by atoms with Crippen LogP contribution in [0.3, 0.4) is 0 Å².